The summed E-state index contributed by atoms with van der Waals surface area (Å²) in [5.74, 6) is -0.374. The molecule has 20 heavy (non-hydrogen) atoms. The fraction of sp³-hybridized carbons (Fsp3) is 0.214. The minimum absolute atomic E-state index is 0.256. The molecule has 1 unspecified atom stereocenters. The van der Waals surface area contributed by atoms with E-state index in [1.165, 1.54) is 24.5 Å². The Bertz CT molecular complexity index is 593. The van der Waals surface area contributed by atoms with Crippen molar-refractivity contribution in [1.29, 1.82) is 0 Å². The Kier molecular flexibility index (Phi) is 4.09. The van der Waals surface area contributed by atoms with Gasteiger partial charge in [-0.3, -0.25) is 4.79 Å². The lowest BCUT2D eigenvalue weighted by atomic mass is 10.1. The summed E-state index contributed by atoms with van der Waals surface area (Å²) in [4.78, 5) is 12.0. The van der Waals surface area contributed by atoms with Crippen LogP contribution < -0.4 is 5.32 Å². The summed E-state index contributed by atoms with van der Waals surface area (Å²) in [6.45, 7) is 1.66. The van der Waals surface area contributed by atoms with Gasteiger partial charge in [0.1, 0.15) is 5.76 Å². The first-order valence-corrected chi connectivity index (χ1v) is 6.27. The fourth-order valence-corrected chi connectivity index (χ4v) is 1.81. The van der Waals surface area contributed by atoms with Crippen molar-refractivity contribution in [2.75, 3.05) is 5.32 Å². The van der Waals surface area contributed by atoms with Gasteiger partial charge >= 0.3 is 5.38 Å². The van der Waals surface area contributed by atoms with Gasteiger partial charge in [0.05, 0.1) is 12.2 Å². The lowest BCUT2D eigenvalue weighted by Gasteiger charge is -2.13. The molecule has 2 aromatic rings. The second-order valence-corrected chi connectivity index (χ2v) is 4.78. The quantitative estimate of drug-likeness (QED) is 0.855. The number of alkyl halides is 3. The summed E-state index contributed by atoms with van der Waals surface area (Å²) in [6.07, 6.45) is 1.47. The summed E-state index contributed by atoms with van der Waals surface area (Å²) in [7, 11) is 0. The Balaban J connectivity index is 2.12. The van der Waals surface area contributed by atoms with Gasteiger partial charge in [0.25, 0.3) is 0 Å². The van der Waals surface area contributed by atoms with Gasteiger partial charge in [-0.05, 0) is 42.8 Å². The first-order valence-electron chi connectivity index (χ1n) is 5.89. The van der Waals surface area contributed by atoms with Gasteiger partial charge in [-0.25, -0.2) is 0 Å². The molecule has 0 aliphatic rings. The van der Waals surface area contributed by atoms with Crippen LogP contribution in [0.5, 0.6) is 0 Å². The van der Waals surface area contributed by atoms with Crippen molar-refractivity contribution in [3.8, 4) is 0 Å². The molecule has 0 radical (unpaired) electrons. The summed E-state index contributed by atoms with van der Waals surface area (Å²) in [5, 5.41) is -0.913. The maximum Gasteiger partial charge on any atom is 0.348 e. The minimum atomic E-state index is -3.46. The molecule has 6 heteroatoms. The van der Waals surface area contributed by atoms with Gasteiger partial charge in [-0.2, -0.15) is 8.78 Å². The van der Waals surface area contributed by atoms with Crippen LogP contribution in [0.25, 0.3) is 0 Å². The molecule has 0 aliphatic heterocycles. The predicted molar refractivity (Wildman–Crippen MR) is 71.9 cm³/mol. The highest BCUT2D eigenvalue weighted by molar-refractivity contribution is 6.21. The molecule has 1 atom stereocenters. The molecule has 0 bridgehead atoms. The largest absolute Gasteiger partial charge is 0.469 e. The van der Waals surface area contributed by atoms with Crippen LogP contribution in [0.4, 0.5) is 14.5 Å². The van der Waals surface area contributed by atoms with Crippen LogP contribution in [0, 0.1) is 0 Å². The third-order valence-electron chi connectivity index (χ3n) is 2.82. The van der Waals surface area contributed by atoms with E-state index in [0.717, 1.165) is 6.07 Å². The molecule has 2 rings (SSSR count). The molecule has 1 aromatic carbocycles. The SMILES string of the molecule is CC(C(=O)Nc1cccc(C(F)(F)Cl)c1)c1ccco1. The normalized spacial score (nSPS) is 13.0. The van der Waals surface area contributed by atoms with E-state index in [0.29, 0.717) is 5.76 Å². The fourth-order valence-electron chi connectivity index (χ4n) is 1.69. The van der Waals surface area contributed by atoms with Crippen molar-refractivity contribution in [3.63, 3.8) is 0 Å². The minimum Gasteiger partial charge on any atom is -0.469 e. The Labute approximate surface area is 119 Å². The molecular formula is C14H12ClF2NO2. The highest BCUT2D eigenvalue weighted by Gasteiger charge is 2.28. The Morgan fingerprint density at radius 1 is 1.35 bits per heavy atom. The van der Waals surface area contributed by atoms with E-state index in [2.05, 4.69) is 5.32 Å². The lowest BCUT2D eigenvalue weighted by Crippen LogP contribution is -2.18. The van der Waals surface area contributed by atoms with Crippen molar-refractivity contribution in [3.05, 3.63) is 54.0 Å². The number of carbonyl (C=O) groups is 1. The summed E-state index contributed by atoms with van der Waals surface area (Å²) < 4.78 is 31.1. The monoisotopic (exact) mass is 299 g/mol. The van der Waals surface area contributed by atoms with Gasteiger partial charge in [0.2, 0.25) is 5.91 Å². The molecule has 0 fully saturated rings. The zero-order valence-electron chi connectivity index (χ0n) is 10.6. The Morgan fingerprint density at radius 3 is 2.70 bits per heavy atom. The molecule has 1 heterocycles. The molecule has 1 N–H and O–H groups in total. The smallest absolute Gasteiger partial charge is 0.348 e. The third-order valence-corrected chi connectivity index (χ3v) is 3.04. The van der Waals surface area contributed by atoms with Gasteiger partial charge in [-0.15, -0.1) is 0 Å². The lowest BCUT2D eigenvalue weighted by molar-refractivity contribution is -0.117. The van der Waals surface area contributed by atoms with Crippen molar-refractivity contribution in [1.82, 2.24) is 0 Å². The number of hydrogen-bond donors (Lipinski definition) is 1. The van der Waals surface area contributed by atoms with Crippen LogP contribution >= 0.6 is 11.6 Å². The Hall–Kier alpha value is -1.88. The number of amides is 1. The first-order chi connectivity index (χ1) is 9.38. The number of carbonyl (C=O) groups excluding carboxylic acids is 1. The number of hydrogen-bond acceptors (Lipinski definition) is 2. The van der Waals surface area contributed by atoms with E-state index in [4.69, 9.17) is 16.0 Å². The van der Waals surface area contributed by atoms with Crippen LogP contribution in [0.15, 0.2) is 47.1 Å². The number of benzene rings is 1. The number of anilines is 1. The van der Waals surface area contributed by atoms with Gasteiger partial charge < -0.3 is 9.73 Å². The van der Waals surface area contributed by atoms with Crippen LogP contribution in [-0.4, -0.2) is 5.91 Å². The molecule has 0 saturated heterocycles. The van der Waals surface area contributed by atoms with Crippen LogP contribution in [0.3, 0.4) is 0 Å². The van der Waals surface area contributed by atoms with Crippen molar-refractivity contribution < 1.29 is 18.0 Å². The van der Waals surface area contributed by atoms with Gasteiger partial charge in [0.15, 0.2) is 0 Å². The number of nitrogens with one attached hydrogen (secondary N) is 1. The maximum absolute atomic E-state index is 13.0. The number of halogens is 3. The van der Waals surface area contributed by atoms with Crippen LogP contribution in [-0.2, 0) is 10.2 Å². The summed E-state index contributed by atoms with van der Waals surface area (Å²) >= 11 is 4.95. The molecule has 3 nitrogen and oxygen atoms in total. The third kappa shape index (κ3) is 3.36. The topological polar surface area (TPSA) is 42.2 Å². The van der Waals surface area contributed by atoms with Crippen molar-refractivity contribution in [2.45, 2.75) is 18.2 Å². The second-order valence-electron chi connectivity index (χ2n) is 4.30. The van der Waals surface area contributed by atoms with E-state index in [1.807, 2.05) is 0 Å². The van der Waals surface area contributed by atoms with Crippen LogP contribution in [0.1, 0.15) is 24.2 Å². The zero-order valence-corrected chi connectivity index (χ0v) is 11.3. The first kappa shape index (κ1) is 14.5. The van der Waals surface area contributed by atoms with Crippen molar-refractivity contribution >= 4 is 23.2 Å². The average molecular weight is 300 g/mol. The molecule has 1 amide bonds. The van der Waals surface area contributed by atoms with Gasteiger partial charge in [-0.1, -0.05) is 12.1 Å². The number of furan rings is 1. The molecule has 0 aliphatic carbocycles. The number of rotatable bonds is 4. The van der Waals surface area contributed by atoms with Crippen LogP contribution in [0.2, 0.25) is 0 Å². The predicted octanol–water partition coefficient (Wildman–Crippen LogP) is 4.31. The average Bonchev–Trinajstić information content (AvgIpc) is 2.91. The van der Waals surface area contributed by atoms with Crippen molar-refractivity contribution in [2.24, 2.45) is 0 Å². The Morgan fingerprint density at radius 2 is 2.10 bits per heavy atom. The molecule has 0 spiro atoms. The summed E-state index contributed by atoms with van der Waals surface area (Å²) in [5.41, 5.74) is -0.117. The van der Waals surface area contributed by atoms with E-state index >= 15 is 0 Å². The molecule has 1 aromatic heterocycles. The molecular weight excluding hydrogens is 288 g/mol. The second kappa shape index (κ2) is 5.63. The van der Waals surface area contributed by atoms with E-state index < -0.39 is 11.3 Å². The standard InChI is InChI=1S/C14H12ClF2NO2/c1-9(12-6-3-7-20-12)13(19)18-11-5-2-4-10(8-11)14(15,16)17/h2-9H,1H3,(H,18,19). The van der Waals surface area contributed by atoms with E-state index in [9.17, 15) is 13.6 Å². The van der Waals surface area contributed by atoms with E-state index in [-0.39, 0.29) is 17.2 Å². The maximum atomic E-state index is 13.0. The van der Waals surface area contributed by atoms with E-state index in [1.54, 1.807) is 19.1 Å². The summed E-state index contributed by atoms with van der Waals surface area (Å²) in [6, 6.07) is 8.59. The zero-order chi connectivity index (χ0) is 14.8. The molecule has 0 saturated carbocycles. The molecule has 106 valence electrons. The highest BCUT2D eigenvalue weighted by Crippen LogP contribution is 2.33. The van der Waals surface area contributed by atoms with Gasteiger partial charge in [0, 0.05) is 11.3 Å². The highest BCUT2D eigenvalue weighted by atomic mass is 35.5.